The Morgan fingerprint density at radius 3 is 3.10 bits per heavy atom. The molecule has 0 aliphatic carbocycles. The number of carbonyl (C=O) groups excluding carboxylic acids is 1. The molecule has 2 aliphatic heterocycles. The summed E-state index contributed by atoms with van der Waals surface area (Å²) >= 11 is 1.61. The molecule has 0 aromatic carbocycles. The van der Waals surface area contributed by atoms with Gasteiger partial charge in [-0.15, -0.1) is 23.7 Å². The lowest BCUT2D eigenvalue weighted by Gasteiger charge is -2.14. The summed E-state index contributed by atoms with van der Waals surface area (Å²) in [5, 5.41) is 6.28. The van der Waals surface area contributed by atoms with E-state index in [0.717, 1.165) is 37.4 Å². The summed E-state index contributed by atoms with van der Waals surface area (Å²) in [6.07, 6.45) is 4.12. The van der Waals surface area contributed by atoms with Gasteiger partial charge < -0.3 is 15.4 Å². The molecular formula is C14H19ClN2O2S. The number of amides is 1. The van der Waals surface area contributed by atoms with Crippen LogP contribution in [-0.2, 0) is 17.8 Å². The third-order valence-electron chi connectivity index (χ3n) is 3.49. The first kappa shape index (κ1) is 15.5. The van der Waals surface area contributed by atoms with Gasteiger partial charge in [0, 0.05) is 24.4 Å². The number of ether oxygens (including phenoxy) is 1. The van der Waals surface area contributed by atoms with Crippen molar-refractivity contribution in [3.05, 3.63) is 33.0 Å². The summed E-state index contributed by atoms with van der Waals surface area (Å²) in [4.78, 5) is 14.2. The zero-order valence-electron chi connectivity index (χ0n) is 11.2. The van der Waals surface area contributed by atoms with E-state index in [1.807, 2.05) is 6.07 Å². The van der Waals surface area contributed by atoms with Crippen LogP contribution in [0.5, 0.6) is 0 Å². The summed E-state index contributed by atoms with van der Waals surface area (Å²) in [6.45, 7) is 4.01. The predicted molar refractivity (Wildman–Crippen MR) is 82.8 cm³/mol. The lowest BCUT2D eigenvalue weighted by Crippen LogP contribution is -2.29. The second-order valence-electron chi connectivity index (χ2n) is 4.86. The lowest BCUT2D eigenvalue weighted by molar-refractivity contribution is 0.0960. The van der Waals surface area contributed by atoms with Crippen molar-refractivity contribution >= 4 is 29.7 Å². The van der Waals surface area contributed by atoms with Crippen LogP contribution in [0.1, 0.15) is 26.5 Å². The molecule has 0 spiro atoms. The Bertz CT molecular complexity index is 490. The van der Waals surface area contributed by atoms with Crippen LogP contribution < -0.4 is 10.6 Å². The minimum Gasteiger partial charge on any atom is -0.376 e. The van der Waals surface area contributed by atoms with E-state index in [4.69, 9.17) is 4.74 Å². The molecule has 6 heteroatoms. The quantitative estimate of drug-likeness (QED) is 0.838. The number of nitrogens with one attached hydrogen (secondary N) is 2. The van der Waals surface area contributed by atoms with Crippen molar-refractivity contribution in [2.75, 3.05) is 26.2 Å². The van der Waals surface area contributed by atoms with Crippen LogP contribution in [0.3, 0.4) is 0 Å². The molecule has 2 aliphatic rings. The molecule has 0 unspecified atom stereocenters. The van der Waals surface area contributed by atoms with Crippen molar-refractivity contribution < 1.29 is 9.53 Å². The predicted octanol–water partition coefficient (Wildman–Crippen LogP) is 1.89. The molecule has 4 nitrogen and oxygen atoms in total. The summed E-state index contributed by atoms with van der Waals surface area (Å²) < 4.78 is 5.40. The number of fused-ring (bicyclic) bond motifs is 1. The van der Waals surface area contributed by atoms with Gasteiger partial charge in [0.2, 0.25) is 0 Å². The zero-order valence-corrected chi connectivity index (χ0v) is 12.9. The molecule has 0 saturated carbocycles. The fourth-order valence-electron chi connectivity index (χ4n) is 2.37. The SMILES string of the molecule is Cl.O=C(NCC1=CCNCC1)c1cc2c(s1)CCOC2. The van der Waals surface area contributed by atoms with E-state index >= 15 is 0 Å². The first-order chi connectivity index (χ1) is 9.33. The minimum atomic E-state index is 0. The Morgan fingerprint density at radius 1 is 1.45 bits per heavy atom. The van der Waals surface area contributed by atoms with Gasteiger partial charge in [-0.05, 0) is 24.6 Å². The molecule has 1 aromatic heterocycles. The van der Waals surface area contributed by atoms with E-state index in [2.05, 4.69) is 16.7 Å². The highest BCUT2D eigenvalue weighted by Gasteiger charge is 2.17. The number of halogens is 1. The first-order valence-electron chi connectivity index (χ1n) is 6.69. The van der Waals surface area contributed by atoms with Crippen LogP contribution in [-0.4, -0.2) is 32.1 Å². The fourth-order valence-corrected chi connectivity index (χ4v) is 3.44. The van der Waals surface area contributed by atoms with Crippen LogP contribution in [0, 0.1) is 0 Å². The average Bonchev–Trinajstić information content (AvgIpc) is 2.90. The molecule has 1 amide bonds. The smallest absolute Gasteiger partial charge is 0.261 e. The van der Waals surface area contributed by atoms with Gasteiger partial charge in [-0.1, -0.05) is 11.6 Å². The van der Waals surface area contributed by atoms with Gasteiger partial charge in [0.25, 0.3) is 5.91 Å². The van der Waals surface area contributed by atoms with E-state index < -0.39 is 0 Å². The Kier molecular flexibility index (Phi) is 5.60. The maximum absolute atomic E-state index is 12.1. The molecule has 2 N–H and O–H groups in total. The van der Waals surface area contributed by atoms with Gasteiger partial charge in [0.05, 0.1) is 18.1 Å². The number of rotatable bonds is 3. The molecule has 110 valence electrons. The second kappa shape index (κ2) is 7.22. The van der Waals surface area contributed by atoms with Crippen LogP contribution in [0.2, 0.25) is 0 Å². The van der Waals surface area contributed by atoms with Crippen LogP contribution in [0.4, 0.5) is 0 Å². The minimum absolute atomic E-state index is 0. The van der Waals surface area contributed by atoms with Crippen molar-refractivity contribution in [2.45, 2.75) is 19.4 Å². The molecule has 3 heterocycles. The van der Waals surface area contributed by atoms with E-state index in [1.54, 1.807) is 11.3 Å². The standard InChI is InChI=1S/C14H18N2O2S.ClH/c17-14(16-8-10-1-4-15-5-2-10)13-7-11-9-18-6-3-12(11)19-13;/h1,7,15H,2-6,8-9H2,(H,16,17);1H. The van der Waals surface area contributed by atoms with E-state index in [0.29, 0.717) is 13.2 Å². The molecule has 0 saturated heterocycles. The van der Waals surface area contributed by atoms with E-state index in [9.17, 15) is 4.79 Å². The normalized spacial score (nSPS) is 17.7. The largest absolute Gasteiger partial charge is 0.376 e. The van der Waals surface area contributed by atoms with Crippen molar-refractivity contribution in [2.24, 2.45) is 0 Å². The highest BCUT2D eigenvalue weighted by Crippen LogP contribution is 2.26. The third kappa shape index (κ3) is 3.61. The maximum atomic E-state index is 12.1. The van der Waals surface area contributed by atoms with Gasteiger partial charge in [0.1, 0.15) is 0 Å². The molecule has 0 atom stereocenters. The summed E-state index contributed by atoms with van der Waals surface area (Å²) in [5.74, 6) is 0.0406. The van der Waals surface area contributed by atoms with E-state index in [-0.39, 0.29) is 18.3 Å². The van der Waals surface area contributed by atoms with Gasteiger partial charge in [-0.2, -0.15) is 0 Å². The summed E-state index contributed by atoms with van der Waals surface area (Å²) in [6, 6.07) is 1.98. The Labute approximate surface area is 129 Å². The Balaban J connectivity index is 0.00000147. The lowest BCUT2D eigenvalue weighted by atomic mass is 10.1. The van der Waals surface area contributed by atoms with Crippen molar-refractivity contribution in [1.29, 1.82) is 0 Å². The molecule has 3 rings (SSSR count). The van der Waals surface area contributed by atoms with E-state index in [1.165, 1.54) is 16.0 Å². The molecule has 0 radical (unpaired) electrons. The topological polar surface area (TPSA) is 50.4 Å². The Morgan fingerprint density at radius 2 is 2.35 bits per heavy atom. The van der Waals surface area contributed by atoms with Crippen LogP contribution in [0.25, 0.3) is 0 Å². The number of thiophene rings is 1. The van der Waals surface area contributed by atoms with Crippen LogP contribution in [0.15, 0.2) is 17.7 Å². The molecule has 0 bridgehead atoms. The number of carbonyl (C=O) groups is 1. The maximum Gasteiger partial charge on any atom is 0.261 e. The number of hydrogen-bond acceptors (Lipinski definition) is 4. The first-order valence-corrected chi connectivity index (χ1v) is 7.51. The highest BCUT2D eigenvalue weighted by atomic mass is 35.5. The monoisotopic (exact) mass is 314 g/mol. The van der Waals surface area contributed by atoms with Crippen molar-refractivity contribution in [3.8, 4) is 0 Å². The highest BCUT2D eigenvalue weighted by molar-refractivity contribution is 7.14. The molecular weight excluding hydrogens is 296 g/mol. The average molecular weight is 315 g/mol. The number of hydrogen-bond donors (Lipinski definition) is 2. The molecule has 20 heavy (non-hydrogen) atoms. The summed E-state index contributed by atoms with van der Waals surface area (Å²) in [7, 11) is 0. The van der Waals surface area contributed by atoms with Crippen molar-refractivity contribution in [1.82, 2.24) is 10.6 Å². The summed E-state index contributed by atoms with van der Waals surface area (Å²) in [5.41, 5.74) is 2.50. The van der Waals surface area contributed by atoms with Gasteiger partial charge in [-0.25, -0.2) is 0 Å². The van der Waals surface area contributed by atoms with Gasteiger partial charge >= 0.3 is 0 Å². The van der Waals surface area contributed by atoms with Gasteiger partial charge in [-0.3, -0.25) is 4.79 Å². The Hall–Kier alpha value is -0.880. The third-order valence-corrected chi connectivity index (χ3v) is 4.72. The molecule has 1 aromatic rings. The van der Waals surface area contributed by atoms with Gasteiger partial charge in [0.15, 0.2) is 0 Å². The fraction of sp³-hybridized carbons (Fsp3) is 0.500. The second-order valence-corrected chi connectivity index (χ2v) is 6.00. The zero-order chi connectivity index (χ0) is 13.1. The van der Waals surface area contributed by atoms with Crippen molar-refractivity contribution in [3.63, 3.8) is 0 Å². The molecule has 0 fully saturated rings. The van der Waals surface area contributed by atoms with Crippen LogP contribution >= 0.6 is 23.7 Å².